The molecular weight excluding hydrogens is 371 g/mol. The summed E-state index contributed by atoms with van der Waals surface area (Å²) in [5, 5.41) is 5.04. The first-order valence-corrected chi connectivity index (χ1v) is 9.77. The van der Waals surface area contributed by atoms with Crippen LogP contribution in [0.3, 0.4) is 0 Å². The lowest BCUT2D eigenvalue weighted by molar-refractivity contribution is -0.116. The molecule has 0 saturated heterocycles. The number of hydrogen-bond acceptors (Lipinski definition) is 5. The molecule has 0 saturated carbocycles. The predicted octanol–water partition coefficient (Wildman–Crippen LogP) is 4.84. The van der Waals surface area contributed by atoms with Crippen molar-refractivity contribution in [1.82, 2.24) is 4.98 Å². The van der Waals surface area contributed by atoms with Crippen molar-refractivity contribution >= 4 is 39.5 Å². The number of hydrogen-bond donors (Lipinski definition) is 1. The second-order valence-corrected chi connectivity index (χ2v) is 7.90. The largest absolute Gasteiger partial charge is 0.302 e. The summed E-state index contributed by atoms with van der Waals surface area (Å²) in [5.41, 5.74) is 1.47. The molecule has 0 unspecified atom stereocenters. The van der Waals surface area contributed by atoms with E-state index in [1.807, 2.05) is 17.5 Å². The van der Waals surface area contributed by atoms with Crippen LogP contribution in [0.2, 0.25) is 0 Å². The first kappa shape index (κ1) is 18.4. The lowest BCUT2D eigenvalue weighted by atomic mass is 10.1. The Morgan fingerprint density at radius 1 is 1.23 bits per heavy atom. The Balaban J connectivity index is 1.52. The Morgan fingerprint density at radius 3 is 2.81 bits per heavy atom. The SMILES string of the molecule is Cc1ccc(Cc2cnc(NC(=O)CCC(=O)c3cccs3)s2)cc1F. The van der Waals surface area contributed by atoms with Crippen LogP contribution in [0, 0.1) is 12.7 Å². The maximum absolute atomic E-state index is 13.6. The summed E-state index contributed by atoms with van der Waals surface area (Å²) < 4.78 is 13.6. The van der Waals surface area contributed by atoms with Gasteiger partial charge in [-0.3, -0.25) is 9.59 Å². The van der Waals surface area contributed by atoms with Gasteiger partial charge >= 0.3 is 0 Å². The van der Waals surface area contributed by atoms with Gasteiger partial charge in [-0.2, -0.15) is 0 Å². The number of carbonyl (C=O) groups excluding carboxylic acids is 2. The molecule has 0 aliphatic rings. The van der Waals surface area contributed by atoms with Crippen LogP contribution in [0.15, 0.2) is 41.9 Å². The smallest absolute Gasteiger partial charge is 0.226 e. The third-order valence-corrected chi connectivity index (χ3v) is 5.61. The second-order valence-electron chi connectivity index (χ2n) is 5.84. The fourth-order valence-electron chi connectivity index (χ4n) is 2.36. The molecule has 1 aromatic carbocycles. The highest BCUT2D eigenvalue weighted by Crippen LogP contribution is 2.22. The minimum Gasteiger partial charge on any atom is -0.302 e. The van der Waals surface area contributed by atoms with Gasteiger partial charge in [0.15, 0.2) is 10.9 Å². The van der Waals surface area contributed by atoms with E-state index < -0.39 is 0 Å². The van der Waals surface area contributed by atoms with Gasteiger partial charge in [0, 0.05) is 30.3 Å². The number of anilines is 1. The molecule has 3 aromatic rings. The van der Waals surface area contributed by atoms with Gasteiger partial charge < -0.3 is 5.32 Å². The Morgan fingerprint density at radius 2 is 2.08 bits per heavy atom. The number of aryl methyl sites for hydroxylation is 1. The van der Waals surface area contributed by atoms with Crippen LogP contribution < -0.4 is 5.32 Å². The Kier molecular flexibility index (Phi) is 5.90. The van der Waals surface area contributed by atoms with Gasteiger partial charge in [-0.15, -0.1) is 22.7 Å². The Hall–Kier alpha value is -2.38. The Bertz CT molecular complexity index is 920. The van der Waals surface area contributed by atoms with E-state index in [2.05, 4.69) is 10.3 Å². The van der Waals surface area contributed by atoms with Crippen molar-refractivity contribution in [2.75, 3.05) is 5.32 Å². The standard InChI is InChI=1S/C19H17FN2O2S2/c1-12-4-5-13(10-15(12)20)9-14-11-21-19(26-14)22-18(24)7-6-16(23)17-3-2-8-25-17/h2-5,8,10-11H,6-7,9H2,1H3,(H,21,22,24). The van der Waals surface area contributed by atoms with Crippen LogP contribution in [0.25, 0.3) is 0 Å². The first-order valence-electron chi connectivity index (χ1n) is 8.07. The van der Waals surface area contributed by atoms with Gasteiger partial charge in [-0.1, -0.05) is 18.2 Å². The van der Waals surface area contributed by atoms with E-state index in [-0.39, 0.29) is 30.3 Å². The van der Waals surface area contributed by atoms with Gasteiger partial charge in [0.1, 0.15) is 5.82 Å². The van der Waals surface area contributed by atoms with Gasteiger partial charge in [0.2, 0.25) is 5.91 Å². The van der Waals surface area contributed by atoms with E-state index in [0.717, 1.165) is 10.4 Å². The number of benzene rings is 1. The fourth-order valence-corrected chi connectivity index (χ4v) is 3.92. The molecule has 1 N–H and O–H groups in total. The maximum Gasteiger partial charge on any atom is 0.226 e. The minimum absolute atomic E-state index is 0.0311. The minimum atomic E-state index is -0.239. The number of amides is 1. The molecule has 0 aliphatic heterocycles. The molecule has 0 spiro atoms. The highest BCUT2D eigenvalue weighted by atomic mass is 32.1. The van der Waals surface area contributed by atoms with Crippen molar-refractivity contribution in [3.63, 3.8) is 0 Å². The van der Waals surface area contributed by atoms with Crippen LogP contribution in [-0.4, -0.2) is 16.7 Å². The van der Waals surface area contributed by atoms with Crippen LogP contribution in [0.5, 0.6) is 0 Å². The average molecular weight is 388 g/mol. The normalized spacial score (nSPS) is 10.7. The molecule has 7 heteroatoms. The molecule has 134 valence electrons. The van der Waals surface area contributed by atoms with E-state index in [1.165, 1.54) is 28.7 Å². The summed E-state index contributed by atoms with van der Waals surface area (Å²) in [6.07, 6.45) is 2.53. The van der Waals surface area contributed by atoms with Gasteiger partial charge in [-0.05, 0) is 35.6 Å². The zero-order valence-corrected chi connectivity index (χ0v) is 15.8. The molecule has 0 fully saturated rings. The second kappa shape index (κ2) is 8.33. The summed E-state index contributed by atoms with van der Waals surface area (Å²) in [7, 11) is 0. The van der Waals surface area contributed by atoms with Crippen LogP contribution in [-0.2, 0) is 11.2 Å². The number of Topliss-reactive ketones (excluding diaryl/α,β-unsaturated/α-hetero) is 1. The zero-order valence-electron chi connectivity index (χ0n) is 14.1. The summed E-state index contributed by atoms with van der Waals surface area (Å²) in [6.45, 7) is 1.72. The molecule has 0 radical (unpaired) electrons. The number of carbonyl (C=O) groups is 2. The predicted molar refractivity (Wildman–Crippen MR) is 103 cm³/mol. The van der Waals surface area contributed by atoms with Gasteiger partial charge in [-0.25, -0.2) is 9.37 Å². The number of ketones is 1. The number of nitrogens with one attached hydrogen (secondary N) is 1. The fraction of sp³-hybridized carbons (Fsp3) is 0.211. The summed E-state index contributed by atoms with van der Waals surface area (Å²) in [6, 6.07) is 8.72. The van der Waals surface area contributed by atoms with Gasteiger partial charge in [0.05, 0.1) is 4.88 Å². The average Bonchev–Trinajstić information content (AvgIpc) is 3.28. The van der Waals surface area contributed by atoms with E-state index >= 15 is 0 Å². The van der Waals surface area contributed by atoms with Crippen LogP contribution >= 0.6 is 22.7 Å². The molecule has 4 nitrogen and oxygen atoms in total. The van der Waals surface area contributed by atoms with Crippen molar-refractivity contribution in [3.05, 3.63) is 68.6 Å². The topological polar surface area (TPSA) is 59.1 Å². The van der Waals surface area contributed by atoms with Crippen molar-refractivity contribution < 1.29 is 14.0 Å². The number of thiophene rings is 1. The summed E-state index contributed by atoms with van der Waals surface area (Å²) >= 11 is 2.72. The molecule has 0 aliphatic carbocycles. The third-order valence-electron chi connectivity index (χ3n) is 3.79. The van der Waals surface area contributed by atoms with Crippen LogP contribution in [0.1, 0.15) is 38.5 Å². The number of nitrogens with zero attached hydrogens (tertiary/aromatic N) is 1. The molecule has 1 amide bonds. The molecule has 0 atom stereocenters. The quantitative estimate of drug-likeness (QED) is 0.589. The molecule has 3 rings (SSSR count). The number of rotatable bonds is 7. The zero-order chi connectivity index (χ0) is 18.5. The number of halogens is 1. The first-order chi connectivity index (χ1) is 12.5. The molecule has 2 aromatic heterocycles. The third kappa shape index (κ3) is 4.83. The number of aromatic nitrogens is 1. The monoisotopic (exact) mass is 388 g/mol. The Labute approximate surface area is 158 Å². The lowest BCUT2D eigenvalue weighted by Gasteiger charge is -2.02. The highest BCUT2D eigenvalue weighted by Gasteiger charge is 2.12. The van der Waals surface area contributed by atoms with E-state index in [0.29, 0.717) is 22.0 Å². The van der Waals surface area contributed by atoms with Gasteiger partial charge in [0.25, 0.3) is 0 Å². The highest BCUT2D eigenvalue weighted by molar-refractivity contribution is 7.15. The summed E-state index contributed by atoms with van der Waals surface area (Å²) in [4.78, 5) is 29.7. The van der Waals surface area contributed by atoms with Crippen molar-refractivity contribution in [3.8, 4) is 0 Å². The molecule has 26 heavy (non-hydrogen) atoms. The maximum atomic E-state index is 13.6. The van der Waals surface area contributed by atoms with E-state index in [4.69, 9.17) is 0 Å². The van der Waals surface area contributed by atoms with Crippen LogP contribution in [0.4, 0.5) is 9.52 Å². The lowest BCUT2D eigenvalue weighted by Crippen LogP contribution is -2.12. The van der Waals surface area contributed by atoms with Crippen molar-refractivity contribution in [1.29, 1.82) is 0 Å². The van der Waals surface area contributed by atoms with E-state index in [9.17, 15) is 14.0 Å². The number of thiazole rings is 1. The van der Waals surface area contributed by atoms with E-state index in [1.54, 1.807) is 25.3 Å². The van der Waals surface area contributed by atoms with Crippen molar-refractivity contribution in [2.24, 2.45) is 0 Å². The van der Waals surface area contributed by atoms with Crippen molar-refractivity contribution in [2.45, 2.75) is 26.2 Å². The summed E-state index contributed by atoms with van der Waals surface area (Å²) in [5.74, 6) is -0.496. The molecule has 0 bridgehead atoms. The molecular formula is C19H17FN2O2S2. The molecule has 2 heterocycles.